The van der Waals surface area contributed by atoms with Crippen LogP contribution in [0.3, 0.4) is 0 Å². The van der Waals surface area contributed by atoms with Crippen LogP contribution in [0.2, 0.25) is 0 Å². The molecule has 4 aromatic rings. The summed E-state index contributed by atoms with van der Waals surface area (Å²) in [6.07, 6.45) is 0. The molecule has 0 N–H and O–H groups in total. The molecule has 0 atom stereocenters. The van der Waals surface area contributed by atoms with Gasteiger partial charge in [-0.2, -0.15) is 0 Å². The molecule has 2 heteroatoms. The van der Waals surface area contributed by atoms with Crippen LogP contribution in [-0.4, -0.2) is 0 Å². The second kappa shape index (κ2) is 4.97. The van der Waals surface area contributed by atoms with Crippen molar-refractivity contribution in [1.29, 1.82) is 0 Å². The summed E-state index contributed by atoms with van der Waals surface area (Å²) in [5.74, 6) is 0. The van der Waals surface area contributed by atoms with E-state index in [1.54, 1.807) is 0 Å². The molecule has 0 nitrogen and oxygen atoms in total. The lowest BCUT2D eigenvalue weighted by Gasteiger charge is -2.06. The lowest BCUT2D eigenvalue weighted by molar-refractivity contribution is 1.45. The summed E-state index contributed by atoms with van der Waals surface area (Å²) in [5.41, 5.74) is 3.87. The quantitative estimate of drug-likeness (QED) is 0.353. The predicted octanol–water partition coefficient (Wildman–Crippen LogP) is 6.79. The van der Waals surface area contributed by atoms with E-state index in [0.717, 1.165) is 4.47 Å². The number of benzene rings is 3. The SMILES string of the molecule is Cc1cc(Br)cc(-c2cccc3c2sc2ccccc23)c1. The fourth-order valence-corrected chi connectivity index (χ4v) is 4.71. The molecule has 102 valence electrons. The first-order valence-corrected chi connectivity index (χ1v) is 8.51. The molecule has 0 spiro atoms. The fourth-order valence-electron chi connectivity index (χ4n) is 2.87. The van der Waals surface area contributed by atoms with Crippen molar-refractivity contribution in [2.75, 3.05) is 0 Å². The van der Waals surface area contributed by atoms with Crippen LogP contribution < -0.4 is 0 Å². The van der Waals surface area contributed by atoms with E-state index in [4.69, 9.17) is 0 Å². The van der Waals surface area contributed by atoms with Gasteiger partial charge in [0.1, 0.15) is 0 Å². The molecule has 3 aromatic carbocycles. The minimum absolute atomic E-state index is 1.13. The number of halogens is 1. The average molecular weight is 353 g/mol. The van der Waals surface area contributed by atoms with Crippen LogP contribution in [0.4, 0.5) is 0 Å². The van der Waals surface area contributed by atoms with E-state index in [-0.39, 0.29) is 0 Å². The van der Waals surface area contributed by atoms with Gasteiger partial charge in [0, 0.05) is 24.6 Å². The lowest BCUT2D eigenvalue weighted by atomic mass is 10.0. The summed E-state index contributed by atoms with van der Waals surface area (Å²) >= 11 is 5.49. The van der Waals surface area contributed by atoms with Crippen LogP contribution in [0.1, 0.15) is 5.56 Å². The highest BCUT2D eigenvalue weighted by molar-refractivity contribution is 9.10. The monoisotopic (exact) mass is 352 g/mol. The highest BCUT2D eigenvalue weighted by Gasteiger charge is 2.10. The third-order valence-corrected chi connectivity index (χ3v) is 5.44. The number of rotatable bonds is 1. The molecular weight excluding hydrogens is 340 g/mol. The van der Waals surface area contributed by atoms with Crippen LogP contribution in [0.15, 0.2) is 65.1 Å². The zero-order valence-electron chi connectivity index (χ0n) is 11.6. The highest BCUT2D eigenvalue weighted by atomic mass is 79.9. The minimum Gasteiger partial charge on any atom is -0.135 e. The first kappa shape index (κ1) is 13.1. The summed E-state index contributed by atoms with van der Waals surface area (Å²) in [5, 5.41) is 2.71. The molecule has 0 aliphatic heterocycles. The van der Waals surface area contributed by atoms with Crippen molar-refractivity contribution in [2.45, 2.75) is 6.92 Å². The van der Waals surface area contributed by atoms with Crippen molar-refractivity contribution in [1.82, 2.24) is 0 Å². The van der Waals surface area contributed by atoms with Crippen molar-refractivity contribution >= 4 is 47.4 Å². The Morgan fingerprint density at radius 1 is 0.857 bits per heavy atom. The standard InChI is InChI=1S/C19H13BrS/c1-12-9-13(11-14(20)10-12)15-6-4-7-17-16-5-2-3-8-18(16)21-19(15)17/h2-11H,1H3. The normalized spacial score (nSPS) is 11.3. The first-order chi connectivity index (χ1) is 10.2. The van der Waals surface area contributed by atoms with Gasteiger partial charge in [0.05, 0.1) is 0 Å². The van der Waals surface area contributed by atoms with Crippen LogP contribution in [0.25, 0.3) is 31.3 Å². The number of thiophene rings is 1. The Labute approximate surface area is 136 Å². The molecule has 0 saturated carbocycles. The Balaban J connectivity index is 2.09. The number of fused-ring (bicyclic) bond motifs is 3. The summed E-state index contributed by atoms with van der Waals surface area (Å²) in [7, 11) is 0. The largest absolute Gasteiger partial charge is 0.135 e. The molecule has 0 aliphatic rings. The Morgan fingerprint density at radius 3 is 2.52 bits per heavy atom. The Bertz CT molecular complexity index is 946. The van der Waals surface area contributed by atoms with Crippen molar-refractivity contribution in [2.24, 2.45) is 0 Å². The van der Waals surface area contributed by atoms with Gasteiger partial charge in [0.15, 0.2) is 0 Å². The fraction of sp³-hybridized carbons (Fsp3) is 0.0526. The third kappa shape index (κ3) is 2.19. The van der Waals surface area contributed by atoms with E-state index >= 15 is 0 Å². The topological polar surface area (TPSA) is 0 Å². The molecule has 0 fully saturated rings. The van der Waals surface area contributed by atoms with E-state index in [2.05, 4.69) is 83.5 Å². The molecule has 0 unspecified atom stereocenters. The highest BCUT2D eigenvalue weighted by Crippen LogP contribution is 2.40. The van der Waals surface area contributed by atoms with E-state index in [1.165, 1.54) is 36.9 Å². The van der Waals surface area contributed by atoms with Gasteiger partial charge < -0.3 is 0 Å². The Hall–Kier alpha value is -1.64. The van der Waals surface area contributed by atoms with E-state index in [0.29, 0.717) is 0 Å². The zero-order chi connectivity index (χ0) is 14.4. The van der Waals surface area contributed by atoms with Gasteiger partial charge in [0.2, 0.25) is 0 Å². The van der Waals surface area contributed by atoms with E-state index in [1.807, 2.05) is 11.3 Å². The number of aryl methyl sites for hydroxylation is 1. The molecule has 0 radical (unpaired) electrons. The average Bonchev–Trinajstić information content (AvgIpc) is 2.84. The second-order valence-electron chi connectivity index (χ2n) is 5.30. The molecule has 21 heavy (non-hydrogen) atoms. The first-order valence-electron chi connectivity index (χ1n) is 6.90. The number of hydrogen-bond acceptors (Lipinski definition) is 1. The summed E-state index contributed by atoms with van der Waals surface area (Å²) in [6.45, 7) is 2.14. The van der Waals surface area contributed by atoms with Crippen molar-refractivity contribution < 1.29 is 0 Å². The molecule has 4 rings (SSSR count). The lowest BCUT2D eigenvalue weighted by Crippen LogP contribution is -1.81. The van der Waals surface area contributed by atoms with Gasteiger partial charge in [-0.3, -0.25) is 0 Å². The minimum atomic E-state index is 1.13. The zero-order valence-corrected chi connectivity index (χ0v) is 14.0. The molecule has 1 aromatic heterocycles. The number of hydrogen-bond donors (Lipinski definition) is 0. The van der Waals surface area contributed by atoms with Crippen molar-refractivity contribution in [3.63, 3.8) is 0 Å². The maximum absolute atomic E-state index is 3.61. The molecule has 1 heterocycles. The van der Waals surface area contributed by atoms with Crippen LogP contribution in [0.5, 0.6) is 0 Å². The predicted molar refractivity (Wildman–Crippen MR) is 97.2 cm³/mol. The third-order valence-electron chi connectivity index (χ3n) is 3.76. The van der Waals surface area contributed by atoms with E-state index < -0.39 is 0 Å². The van der Waals surface area contributed by atoms with Crippen LogP contribution in [-0.2, 0) is 0 Å². The molecular formula is C19H13BrS. The molecule has 0 aliphatic carbocycles. The smallest absolute Gasteiger partial charge is 0.0433 e. The molecule has 0 saturated heterocycles. The summed E-state index contributed by atoms with van der Waals surface area (Å²) < 4.78 is 3.86. The Morgan fingerprint density at radius 2 is 1.67 bits per heavy atom. The molecule has 0 bridgehead atoms. The maximum atomic E-state index is 3.61. The van der Waals surface area contributed by atoms with Crippen molar-refractivity contribution in [3.05, 3.63) is 70.7 Å². The summed E-state index contributed by atoms with van der Waals surface area (Å²) in [6, 6.07) is 21.9. The summed E-state index contributed by atoms with van der Waals surface area (Å²) in [4.78, 5) is 0. The maximum Gasteiger partial charge on any atom is 0.0433 e. The van der Waals surface area contributed by atoms with Gasteiger partial charge >= 0.3 is 0 Å². The van der Waals surface area contributed by atoms with Crippen LogP contribution >= 0.6 is 27.3 Å². The van der Waals surface area contributed by atoms with E-state index in [9.17, 15) is 0 Å². The van der Waals surface area contributed by atoms with Gasteiger partial charge in [-0.05, 0) is 41.8 Å². The second-order valence-corrected chi connectivity index (χ2v) is 7.27. The Kier molecular flexibility index (Phi) is 3.09. The van der Waals surface area contributed by atoms with Gasteiger partial charge in [-0.25, -0.2) is 0 Å². The van der Waals surface area contributed by atoms with Crippen molar-refractivity contribution in [3.8, 4) is 11.1 Å². The van der Waals surface area contributed by atoms with Gasteiger partial charge in [0.25, 0.3) is 0 Å². The van der Waals surface area contributed by atoms with Gasteiger partial charge in [-0.15, -0.1) is 11.3 Å². The van der Waals surface area contributed by atoms with Crippen LogP contribution in [0, 0.1) is 6.92 Å². The van der Waals surface area contributed by atoms with Gasteiger partial charge in [-0.1, -0.05) is 58.4 Å². The molecule has 0 amide bonds.